The molecule has 0 saturated carbocycles. The molecule has 0 aromatic carbocycles. The van der Waals surface area contributed by atoms with E-state index in [-0.39, 0.29) is 341 Å². The van der Waals surface area contributed by atoms with Crippen molar-refractivity contribution in [1.82, 2.24) is 0 Å². The van der Waals surface area contributed by atoms with Crippen molar-refractivity contribution in [1.29, 1.82) is 0 Å². The van der Waals surface area contributed by atoms with Crippen LogP contribution >= 0.6 is 0 Å². The molecule has 0 aliphatic carbocycles. The largest absolute Gasteiger partial charge is 1.00 e. The minimum Gasteiger partial charge on any atom is -1.00 e. The molecule has 0 radical (unpaired) electrons. The summed E-state index contributed by atoms with van der Waals surface area (Å²) in [5, 5.41) is 139. The predicted molar refractivity (Wildman–Crippen MR) is 119 cm³/mol. The van der Waals surface area contributed by atoms with E-state index < -0.39 is 61.6 Å². The van der Waals surface area contributed by atoms with Crippen LogP contribution in [0.2, 0.25) is 0 Å². The van der Waals surface area contributed by atoms with Crippen LogP contribution in [0.25, 0.3) is 0 Å². The fourth-order valence-corrected chi connectivity index (χ4v) is 0. The Morgan fingerprint density at radius 2 is 0.157 bits per heavy atom. The summed E-state index contributed by atoms with van der Waals surface area (Å²) in [6.07, 6.45) is -18.3. The van der Waals surface area contributed by atoms with Crippen molar-refractivity contribution in [2.75, 3.05) is 0 Å². The molecule has 41 heteroatoms. The van der Waals surface area contributed by atoms with E-state index in [1.165, 1.54) is 0 Å². The Balaban J connectivity index is -0.00000000517. The van der Waals surface area contributed by atoms with Gasteiger partial charge >= 0.3 is 387 Å². The molecule has 51 heavy (non-hydrogen) atoms. The van der Waals surface area contributed by atoms with Crippen LogP contribution in [0.3, 0.4) is 0 Å². The second kappa shape index (κ2) is 131. The first-order valence-electron chi connectivity index (χ1n) is 6.51. The Morgan fingerprint density at radius 1 is 0.157 bits per heavy atom. The summed E-state index contributed by atoms with van der Waals surface area (Å²) in [6.45, 7) is 0. The Bertz CT molecular complexity index is 542. The molecule has 0 unspecified atom stereocenters. The van der Waals surface area contributed by atoms with E-state index in [4.69, 9.17) is 150 Å². The van der Waals surface area contributed by atoms with E-state index in [1.807, 2.05) is 0 Å². The molecule has 0 aliphatic heterocycles. The summed E-state index contributed by atoms with van der Waals surface area (Å²) in [6, 6.07) is 0. The third kappa shape index (κ3) is 10500. The van der Waals surface area contributed by atoms with Gasteiger partial charge in [0.2, 0.25) is 0 Å². The summed E-state index contributed by atoms with van der Waals surface area (Å²) in [5.41, 5.74) is 0. The maximum absolute atomic E-state index is 8.56. The SMILES string of the molecule is O=C(O)O.O=C(O)O.O=C(O)O.O=C(O)O.O=C(O)O.O=C(O)O.O=C(O)O.O=C(O)O.O=C(O)O.O=C(O)O.[H-].[H-].[H-].[H-].[H-].[H-].[H-].[H-].[H-].[H-].[H-].[Na+].[Na+].[Na+].[Na+].[Na+].[Na+].[Na+].[Na+].[Na+].[Na+].[Na+]. The molecule has 0 bridgehead atoms. The van der Waals surface area contributed by atoms with Crippen LogP contribution < -0.4 is 325 Å². The van der Waals surface area contributed by atoms with Crippen molar-refractivity contribution in [3.63, 3.8) is 0 Å². The quantitative estimate of drug-likeness (QED) is 0.100. The van der Waals surface area contributed by atoms with E-state index in [0.29, 0.717) is 0 Å². The van der Waals surface area contributed by atoms with Crippen LogP contribution in [0.15, 0.2) is 0 Å². The summed E-state index contributed by atoms with van der Waals surface area (Å²) < 4.78 is 0. The van der Waals surface area contributed by atoms with Gasteiger partial charge in [0.1, 0.15) is 0 Å². The van der Waals surface area contributed by atoms with Gasteiger partial charge in [0.05, 0.1) is 0 Å². The minimum absolute atomic E-state index is 0. The molecular weight excluding hydrogens is 853 g/mol. The molecule has 0 fully saturated rings. The minimum atomic E-state index is -1.83. The summed E-state index contributed by atoms with van der Waals surface area (Å²) in [7, 11) is 0. The fraction of sp³-hybridized carbons (Fsp3) is 0. The van der Waals surface area contributed by atoms with Gasteiger partial charge in [0.15, 0.2) is 0 Å². The van der Waals surface area contributed by atoms with Gasteiger partial charge in [-0.05, 0) is 0 Å². The van der Waals surface area contributed by atoms with Gasteiger partial charge in [0, 0.05) is 0 Å². The topological polar surface area (TPSA) is 575 Å². The van der Waals surface area contributed by atoms with Crippen molar-refractivity contribution in [3.8, 4) is 0 Å². The second-order valence-electron chi connectivity index (χ2n) is 2.83. The molecule has 0 atom stereocenters. The third-order valence-corrected chi connectivity index (χ3v) is 0. The zero-order chi connectivity index (χ0) is 35.8. The van der Waals surface area contributed by atoms with Gasteiger partial charge in [-0.1, -0.05) is 0 Å². The third-order valence-electron chi connectivity index (χ3n) is 0. The molecule has 30 nitrogen and oxygen atoms in total. The van der Waals surface area contributed by atoms with Crippen LogP contribution in [0.4, 0.5) is 47.9 Å². The van der Waals surface area contributed by atoms with Gasteiger partial charge in [-0.2, -0.15) is 0 Å². The molecular formula is C10H31Na11O30. The van der Waals surface area contributed by atoms with E-state index in [1.54, 1.807) is 0 Å². The van der Waals surface area contributed by atoms with E-state index in [0.717, 1.165) is 0 Å². The molecule has 0 amide bonds. The molecule has 20 N–H and O–H groups in total. The number of hydrogen-bond donors (Lipinski definition) is 20. The second-order valence-corrected chi connectivity index (χ2v) is 2.83. The first-order valence-corrected chi connectivity index (χ1v) is 6.51. The molecule has 0 saturated heterocycles. The van der Waals surface area contributed by atoms with E-state index in [9.17, 15) is 0 Å². The average molecular weight is 884 g/mol. The molecule has 0 rings (SSSR count). The Hall–Kier alpha value is 3.70. The number of carbonyl (C=O) groups is 10. The van der Waals surface area contributed by atoms with Crippen molar-refractivity contribution >= 4 is 61.6 Å². The first kappa shape index (κ1) is 139. The van der Waals surface area contributed by atoms with Crippen LogP contribution in [0, 0.1) is 0 Å². The summed E-state index contributed by atoms with van der Waals surface area (Å²) in [4.78, 5) is 85.6. The van der Waals surface area contributed by atoms with Gasteiger partial charge in [0.25, 0.3) is 0 Å². The van der Waals surface area contributed by atoms with Gasteiger partial charge in [-0.25, -0.2) is 47.9 Å². The Morgan fingerprint density at radius 3 is 0.157 bits per heavy atom. The average Bonchev–Trinajstić information content (AvgIpc) is 2.47. The van der Waals surface area contributed by atoms with Crippen molar-refractivity contribution in [2.45, 2.75) is 0 Å². The van der Waals surface area contributed by atoms with Gasteiger partial charge in [-0.3, -0.25) is 0 Å². The Kier molecular flexibility index (Phi) is 358. The van der Waals surface area contributed by atoms with Crippen LogP contribution in [-0.2, 0) is 0 Å². The molecule has 0 heterocycles. The molecule has 0 spiro atoms. The molecule has 0 aliphatic rings. The zero-order valence-electron chi connectivity index (χ0n) is 40.0. The Labute approximate surface area is 541 Å². The van der Waals surface area contributed by atoms with Crippen molar-refractivity contribution < 1.29 is 491 Å². The smallest absolute Gasteiger partial charge is 1.00 e. The maximum atomic E-state index is 8.56. The molecule has 0 aromatic heterocycles. The number of rotatable bonds is 0. The van der Waals surface area contributed by atoms with Crippen LogP contribution in [0.1, 0.15) is 15.7 Å². The monoisotopic (exact) mass is 884 g/mol. The van der Waals surface area contributed by atoms with Crippen molar-refractivity contribution in [3.05, 3.63) is 0 Å². The normalized spacial score (nSPS) is 4.71. The van der Waals surface area contributed by atoms with Gasteiger partial charge < -0.3 is 118 Å². The van der Waals surface area contributed by atoms with Crippen molar-refractivity contribution in [2.24, 2.45) is 0 Å². The zero-order valence-corrected chi connectivity index (χ0v) is 51.0. The summed E-state index contributed by atoms with van der Waals surface area (Å²) in [5.74, 6) is 0. The standard InChI is InChI=1S/10CH2O3.11Na.11H/c10*2-1(3)4;;;;;;;;;;;;;;;;;;;;;;/h10*(H2,2,3,4);;;;;;;;;;;;;;;;;;;;;;/q;;;;;;;;;;11*+1;11*-1. The van der Waals surface area contributed by atoms with Crippen LogP contribution in [-0.4, -0.2) is 164 Å². The molecule has 0 aromatic rings. The fourth-order valence-electron chi connectivity index (χ4n) is 0. The number of carboxylic acid groups (broad SMARTS) is 20. The maximum Gasteiger partial charge on any atom is 1.00 e. The van der Waals surface area contributed by atoms with Gasteiger partial charge in [-0.15, -0.1) is 0 Å². The van der Waals surface area contributed by atoms with E-state index >= 15 is 0 Å². The first-order chi connectivity index (χ1) is 17.3. The van der Waals surface area contributed by atoms with Crippen LogP contribution in [0.5, 0.6) is 0 Å². The molecule has 262 valence electrons. The van der Waals surface area contributed by atoms with E-state index in [2.05, 4.69) is 0 Å². The number of hydrogen-bond acceptors (Lipinski definition) is 10. The summed E-state index contributed by atoms with van der Waals surface area (Å²) >= 11 is 0. The predicted octanol–water partition coefficient (Wildman–Crippen LogP) is -29.5.